The van der Waals surface area contributed by atoms with Crippen molar-refractivity contribution in [1.29, 1.82) is 0 Å². The summed E-state index contributed by atoms with van der Waals surface area (Å²) in [4.78, 5) is 21.8. The van der Waals surface area contributed by atoms with Crippen LogP contribution in [0.3, 0.4) is 0 Å². The van der Waals surface area contributed by atoms with E-state index in [0.717, 1.165) is 11.1 Å². The number of methoxy groups -OCH3 is 1. The third kappa shape index (κ3) is 6.60. The van der Waals surface area contributed by atoms with Crippen molar-refractivity contribution in [2.45, 2.75) is 19.6 Å². The fourth-order valence-corrected chi connectivity index (χ4v) is 2.44. The van der Waals surface area contributed by atoms with Gasteiger partial charge in [-0.15, -0.1) is 11.8 Å². The van der Waals surface area contributed by atoms with Crippen molar-refractivity contribution >= 4 is 29.5 Å². The van der Waals surface area contributed by atoms with Crippen molar-refractivity contribution in [2.24, 2.45) is 5.10 Å². The highest BCUT2D eigenvalue weighted by molar-refractivity contribution is 7.99. The largest absolute Gasteiger partial charge is 0.496 e. The maximum absolute atomic E-state index is 11.2. The average Bonchev–Trinajstić information content (AvgIpc) is 2.52. The highest BCUT2D eigenvalue weighted by Gasteiger charge is 2.08. The van der Waals surface area contributed by atoms with Crippen LogP contribution in [0.5, 0.6) is 5.75 Å². The minimum atomic E-state index is -0.860. The van der Waals surface area contributed by atoms with E-state index in [2.05, 4.69) is 10.5 Å². The van der Waals surface area contributed by atoms with Crippen LogP contribution in [0.2, 0.25) is 0 Å². The molecule has 23 heavy (non-hydrogen) atoms. The van der Waals surface area contributed by atoms with Crippen molar-refractivity contribution in [2.75, 3.05) is 19.5 Å². The van der Waals surface area contributed by atoms with E-state index in [1.165, 1.54) is 11.8 Å². The van der Waals surface area contributed by atoms with Gasteiger partial charge < -0.3 is 14.6 Å². The van der Waals surface area contributed by atoms with Gasteiger partial charge >= 0.3 is 12.1 Å². The van der Waals surface area contributed by atoms with Crippen molar-refractivity contribution in [1.82, 2.24) is 5.43 Å². The number of hydrazone groups is 1. The molecule has 0 aromatic heterocycles. The molecule has 0 aliphatic heterocycles. The Balaban J connectivity index is 2.84. The highest BCUT2D eigenvalue weighted by atomic mass is 32.2. The van der Waals surface area contributed by atoms with E-state index in [9.17, 15) is 9.59 Å². The van der Waals surface area contributed by atoms with Crippen molar-refractivity contribution in [3.8, 4) is 5.75 Å². The summed E-state index contributed by atoms with van der Waals surface area (Å²) < 4.78 is 10.0. The highest BCUT2D eigenvalue weighted by Crippen LogP contribution is 2.24. The lowest BCUT2D eigenvalue weighted by atomic mass is 10.1. The number of aliphatic carboxylic acids is 1. The van der Waals surface area contributed by atoms with Crippen LogP contribution in [0.1, 0.15) is 25.0 Å². The van der Waals surface area contributed by atoms with Crippen molar-refractivity contribution < 1.29 is 24.2 Å². The zero-order valence-electron chi connectivity index (χ0n) is 13.3. The number of carbonyl (C=O) groups is 2. The van der Waals surface area contributed by atoms with Crippen LogP contribution in [0.25, 0.3) is 0 Å². The van der Waals surface area contributed by atoms with Crippen molar-refractivity contribution in [3.63, 3.8) is 0 Å². The molecular weight excluding hydrogens is 320 g/mol. The van der Waals surface area contributed by atoms with Gasteiger partial charge in [-0.2, -0.15) is 5.10 Å². The summed E-state index contributed by atoms with van der Waals surface area (Å²) >= 11 is 1.28. The first kappa shape index (κ1) is 18.8. The molecule has 0 heterocycles. The van der Waals surface area contributed by atoms with Crippen molar-refractivity contribution in [3.05, 3.63) is 29.3 Å². The zero-order valence-corrected chi connectivity index (χ0v) is 14.1. The Morgan fingerprint density at radius 1 is 1.39 bits per heavy atom. The van der Waals surface area contributed by atoms with Gasteiger partial charge in [0, 0.05) is 11.3 Å². The third-order valence-electron chi connectivity index (χ3n) is 2.77. The minimum Gasteiger partial charge on any atom is -0.496 e. The molecular formula is C15H20N2O5S. The quantitative estimate of drug-likeness (QED) is 0.557. The number of hydrogen-bond acceptors (Lipinski definition) is 6. The smallest absolute Gasteiger partial charge is 0.427 e. The molecule has 1 amide bonds. The molecule has 0 aliphatic carbocycles. The monoisotopic (exact) mass is 340 g/mol. The molecule has 1 rings (SSSR count). The number of amides is 1. The Labute approximate surface area is 139 Å². The number of carboxylic acid groups (broad SMARTS) is 1. The van der Waals surface area contributed by atoms with Gasteiger partial charge in [0.15, 0.2) is 0 Å². The summed E-state index contributed by atoms with van der Waals surface area (Å²) in [6.07, 6.45) is -0.613. The average molecular weight is 340 g/mol. The van der Waals surface area contributed by atoms with Gasteiger partial charge in [0.25, 0.3) is 0 Å². The predicted molar refractivity (Wildman–Crippen MR) is 89.2 cm³/mol. The van der Waals surface area contributed by atoms with Gasteiger partial charge in [0.2, 0.25) is 0 Å². The number of benzene rings is 1. The molecule has 0 unspecified atom stereocenters. The van der Waals surface area contributed by atoms with Gasteiger partial charge in [-0.3, -0.25) is 4.79 Å². The second-order valence-corrected chi connectivity index (χ2v) is 5.43. The van der Waals surface area contributed by atoms with Gasteiger partial charge in [-0.05, 0) is 37.6 Å². The lowest BCUT2D eigenvalue weighted by molar-refractivity contribution is -0.133. The standard InChI is InChI=1S/C15H20N2O5S/c1-4-22-15(20)17-16-10(2)11-5-6-13(21-3)12(7-11)8-23-9-14(18)19/h5-7H,4,8-9H2,1-3H3,(H,17,20)(H,18,19)/b16-10-. The second-order valence-electron chi connectivity index (χ2n) is 4.44. The summed E-state index contributed by atoms with van der Waals surface area (Å²) in [5, 5.41) is 12.7. The van der Waals surface area contributed by atoms with E-state index in [-0.39, 0.29) is 12.4 Å². The number of nitrogens with zero attached hydrogens (tertiary/aromatic N) is 1. The maximum atomic E-state index is 11.2. The molecule has 2 N–H and O–H groups in total. The molecule has 0 spiro atoms. The van der Waals surface area contributed by atoms with E-state index < -0.39 is 12.1 Å². The summed E-state index contributed by atoms with van der Waals surface area (Å²) in [6.45, 7) is 3.73. The predicted octanol–water partition coefficient (Wildman–Crippen LogP) is 2.48. The summed E-state index contributed by atoms with van der Waals surface area (Å²) in [6, 6.07) is 5.46. The van der Waals surface area contributed by atoms with E-state index >= 15 is 0 Å². The molecule has 0 saturated carbocycles. The first-order chi connectivity index (χ1) is 11.0. The molecule has 0 aliphatic rings. The second kappa shape index (κ2) is 9.73. The molecule has 0 fully saturated rings. The van der Waals surface area contributed by atoms with Gasteiger partial charge in [0.05, 0.1) is 25.2 Å². The zero-order chi connectivity index (χ0) is 17.2. The van der Waals surface area contributed by atoms with Crippen LogP contribution in [-0.2, 0) is 15.3 Å². The molecule has 8 heteroatoms. The van der Waals surface area contributed by atoms with E-state index in [1.54, 1.807) is 27.0 Å². The van der Waals surface area contributed by atoms with Crippen LogP contribution in [0.4, 0.5) is 4.79 Å². The number of thioether (sulfide) groups is 1. The lowest BCUT2D eigenvalue weighted by Gasteiger charge is -2.10. The number of rotatable bonds is 8. The molecule has 0 radical (unpaired) electrons. The molecule has 126 valence electrons. The fourth-order valence-electron chi connectivity index (χ4n) is 1.72. The molecule has 0 bridgehead atoms. The maximum Gasteiger partial charge on any atom is 0.427 e. The summed E-state index contributed by atoms with van der Waals surface area (Å²) in [5.74, 6) is 0.339. The normalized spacial score (nSPS) is 11.0. The Hall–Kier alpha value is -2.22. The number of hydrogen-bond donors (Lipinski definition) is 2. The number of carbonyl (C=O) groups excluding carboxylic acids is 1. The van der Waals surface area contributed by atoms with E-state index in [0.29, 0.717) is 17.2 Å². The number of carboxylic acids is 1. The Morgan fingerprint density at radius 2 is 2.13 bits per heavy atom. The van der Waals surface area contributed by atoms with Crippen LogP contribution >= 0.6 is 11.8 Å². The summed E-state index contributed by atoms with van der Waals surface area (Å²) in [5.41, 5.74) is 4.57. The van der Waals surface area contributed by atoms with Gasteiger partial charge in [0.1, 0.15) is 5.75 Å². The Kier molecular flexibility index (Phi) is 7.96. The summed E-state index contributed by atoms with van der Waals surface area (Å²) in [7, 11) is 1.56. The Morgan fingerprint density at radius 3 is 2.74 bits per heavy atom. The van der Waals surface area contributed by atoms with Gasteiger partial charge in [-0.25, -0.2) is 10.2 Å². The SMILES string of the molecule is CCOC(=O)N/N=C(/C)c1ccc(OC)c(CSCC(=O)O)c1. The lowest BCUT2D eigenvalue weighted by Crippen LogP contribution is -2.20. The third-order valence-corrected chi connectivity index (χ3v) is 3.74. The van der Waals surface area contributed by atoms with E-state index in [1.807, 2.05) is 12.1 Å². The molecule has 1 aromatic rings. The van der Waals surface area contributed by atoms with Crippen LogP contribution in [0, 0.1) is 0 Å². The number of nitrogens with one attached hydrogen (secondary N) is 1. The topological polar surface area (TPSA) is 97.2 Å². The van der Waals surface area contributed by atoms with E-state index in [4.69, 9.17) is 14.6 Å². The first-order valence-corrected chi connectivity index (χ1v) is 8.07. The molecule has 7 nitrogen and oxygen atoms in total. The molecule has 1 aromatic carbocycles. The number of ether oxygens (including phenoxy) is 2. The fraction of sp³-hybridized carbons (Fsp3) is 0.400. The van der Waals surface area contributed by atoms with Crippen LogP contribution in [0.15, 0.2) is 23.3 Å². The minimum absolute atomic E-state index is 0.0187. The first-order valence-electron chi connectivity index (χ1n) is 6.91. The van der Waals surface area contributed by atoms with Crippen LogP contribution in [-0.4, -0.2) is 42.4 Å². The van der Waals surface area contributed by atoms with Gasteiger partial charge in [-0.1, -0.05) is 0 Å². The van der Waals surface area contributed by atoms with Crippen LogP contribution < -0.4 is 10.2 Å². The Bertz CT molecular complexity index is 589. The molecule has 0 atom stereocenters. The molecule has 0 saturated heterocycles.